The average Bonchev–Trinajstić information content (AvgIpc) is 2.87. The summed E-state index contributed by atoms with van der Waals surface area (Å²) in [6, 6.07) is 7.82. The van der Waals surface area contributed by atoms with Gasteiger partial charge in [0.25, 0.3) is 0 Å². The summed E-state index contributed by atoms with van der Waals surface area (Å²) in [5, 5.41) is 2.75. The Kier molecular flexibility index (Phi) is 4.84. The zero-order valence-corrected chi connectivity index (χ0v) is 12.3. The summed E-state index contributed by atoms with van der Waals surface area (Å²) in [6.45, 7) is 4.44. The lowest BCUT2D eigenvalue weighted by molar-refractivity contribution is -0.126. The molecule has 20 heavy (non-hydrogen) atoms. The van der Waals surface area contributed by atoms with Crippen LogP contribution in [0.4, 0.5) is 5.69 Å². The lowest BCUT2D eigenvalue weighted by Crippen LogP contribution is -2.32. The molecule has 0 radical (unpaired) electrons. The number of nitrogens with one attached hydrogen (secondary N) is 1. The van der Waals surface area contributed by atoms with Gasteiger partial charge in [0.2, 0.25) is 11.8 Å². The molecule has 4 nitrogen and oxygen atoms in total. The van der Waals surface area contributed by atoms with Crippen molar-refractivity contribution in [2.24, 2.45) is 5.92 Å². The van der Waals surface area contributed by atoms with Gasteiger partial charge in [0.15, 0.2) is 0 Å². The van der Waals surface area contributed by atoms with E-state index in [1.165, 1.54) is 0 Å². The minimum Gasteiger partial charge on any atom is -0.352 e. The van der Waals surface area contributed by atoms with E-state index < -0.39 is 0 Å². The fourth-order valence-electron chi connectivity index (χ4n) is 2.21. The molecule has 1 atom stereocenters. The highest BCUT2D eigenvalue weighted by Crippen LogP contribution is 2.27. The van der Waals surface area contributed by atoms with Crippen molar-refractivity contribution in [2.75, 3.05) is 24.2 Å². The third kappa shape index (κ3) is 3.22. The second-order valence-electron chi connectivity index (χ2n) is 4.64. The summed E-state index contributed by atoms with van der Waals surface area (Å²) >= 11 is 1.66. The van der Waals surface area contributed by atoms with E-state index in [9.17, 15) is 9.59 Å². The number of benzene rings is 1. The Bertz CT molecular complexity index is 513. The Hall–Kier alpha value is -1.75. The zero-order valence-electron chi connectivity index (χ0n) is 11.5. The van der Waals surface area contributed by atoms with E-state index in [0.29, 0.717) is 13.1 Å². The topological polar surface area (TPSA) is 49.4 Å². The van der Waals surface area contributed by atoms with E-state index in [1.807, 2.05) is 30.5 Å². The van der Waals surface area contributed by atoms with Crippen molar-refractivity contribution in [3.8, 4) is 0 Å². The van der Waals surface area contributed by atoms with E-state index in [0.717, 1.165) is 10.6 Å². The number of amides is 2. The van der Waals surface area contributed by atoms with Crippen LogP contribution in [0.2, 0.25) is 0 Å². The Morgan fingerprint density at radius 2 is 2.20 bits per heavy atom. The Labute approximate surface area is 123 Å². The third-order valence-electron chi connectivity index (χ3n) is 3.30. The van der Waals surface area contributed by atoms with Crippen LogP contribution >= 0.6 is 11.8 Å². The molecule has 2 amide bonds. The molecular weight excluding hydrogens is 272 g/mol. The maximum absolute atomic E-state index is 12.0. The predicted octanol–water partition coefficient (Wildman–Crippen LogP) is 2.06. The summed E-state index contributed by atoms with van der Waals surface area (Å²) in [5.74, 6) is -0.357. The quantitative estimate of drug-likeness (QED) is 0.667. The van der Waals surface area contributed by atoms with Crippen LogP contribution in [0.25, 0.3) is 0 Å². The van der Waals surface area contributed by atoms with Crippen molar-refractivity contribution in [1.29, 1.82) is 0 Å². The Morgan fingerprint density at radius 1 is 1.50 bits per heavy atom. The average molecular weight is 290 g/mol. The van der Waals surface area contributed by atoms with Crippen molar-refractivity contribution < 1.29 is 9.59 Å². The summed E-state index contributed by atoms with van der Waals surface area (Å²) in [5.41, 5.74) is 0.854. The third-order valence-corrected chi connectivity index (χ3v) is 4.04. The minimum absolute atomic E-state index is 0.000606. The number of hydrogen-bond donors (Lipinski definition) is 1. The molecule has 0 saturated carbocycles. The van der Waals surface area contributed by atoms with Crippen LogP contribution in [0.3, 0.4) is 0 Å². The molecular formula is C15H18N2O2S. The number of carbonyl (C=O) groups excluding carboxylic acids is 2. The van der Waals surface area contributed by atoms with E-state index in [2.05, 4.69) is 11.9 Å². The molecule has 0 aromatic heterocycles. The molecule has 1 fully saturated rings. The highest BCUT2D eigenvalue weighted by molar-refractivity contribution is 7.98. The molecule has 0 spiro atoms. The van der Waals surface area contributed by atoms with Crippen molar-refractivity contribution in [3.63, 3.8) is 0 Å². The molecule has 2 rings (SSSR count). The van der Waals surface area contributed by atoms with Gasteiger partial charge in [0.05, 0.1) is 5.92 Å². The number of hydrogen-bond acceptors (Lipinski definition) is 3. The van der Waals surface area contributed by atoms with Gasteiger partial charge in [-0.15, -0.1) is 18.3 Å². The van der Waals surface area contributed by atoms with Gasteiger partial charge < -0.3 is 10.2 Å². The van der Waals surface area contributed by atoms with E-state index in [4.69, 9.17) is 0 Å². The van der Waals surface area contributed by atoms with Crippen molar-refractivity contribution in [1.82, 2.24) is 5.32 Å². The van der Waals surface area contributed by atoms with Gasteiger partial charge in [0.1, 0.15) is 0 Å². The maximum Gasteiger partial charge on any atom is 0.227 e. The predicted molar refractivity (Wildman–Crippen MR) is 81.9 cm³/mol. The van der Waals surface area contributed by atoms with Gasteiger partial charge in [-0.3, -0.25) is 9.59 Å². The summed E-state index contributed by atoms with van der Waals surface area (Å²) in [6.07, 6.45) is 3.91. The lowest BCUT2D eigenvalue weighted by Gasteiger charge is -2.17. The van der Waals surface area contributed by atoms with Crippen molar-refractivity contribution in [2.45, 2.75) is 11.3 Å². The van der Waals surface area contributed by atoms with Crippen molar-refractivity contribution >= 4 is 29.3 Å². The molecule has 1 unspecified atom stereocenters. The van der Waals surface area contributed by atoms with Crippen LogP contribution in [-0.4, -0.2) is 31.2 Å². The van der Waals surface area contributed by atoms with Crippen LogP contribution in [0, 0.1) is 5.92 Å². The first-order valence-electron chi connectivity index (χ1n) is 6.48. The monoisotopic (exact) mass is 290 g/mol. The molecule has 0 aliphatic carbocycles. The molecule has 1 aliphatic heterocycles. The molecule has 1 aromatic rings. The maximum atomic E-state index is 12.0. The second kappa shape index (κ2) is 6.61. The highest BCUT2D eigenvalue weighted by Gasteiger charge is 2.34. The Morgan fingerprint density at radius 3 is 2.80 bits per heavy atom. The van der Waals surface area contributed by atoms with E-state index >= 15 is 0 Å². The zero-order chi connectivity index (χ0) is 14.5. The van der Waals surface area contributed by atoms with Gasteiger partial charge in [-0.1, -0.05) is 6.08 Å². The summed E-state index contributed by atoms with van der Waals surface area (Å²) in [7, 11) is 0. The van der Waals surface area contributed by atoms with Gasteiger partial charge in [-0.05, 0) is 30.5 Å². The van der Waals surface area contributed by atoms with Crippen LogP contribution in [0.15, 0.2) is 41.8 Å². The first-order chi connectivity index (χ1) is 9.65. The van der Waals surface area contributed by atoms with Gasteiger partial charge in [0, 0.05) is 30.1 Å². The number of thioether (sulfide) groups is 1. The molecule has 5 heteroatoms. The van der Waals surface area contributed by atoms with Crippen LogP contribution in [0.5, 0.6) is 0 Å². The largest absolute Gasteiger partial charge is 0.352 e. The summed E-state index contributed by atoms with van der Waals surface area (Å²) < 4.78 is 0. The second-order valence-corrected chi connectivity index (χ2v) is 5.52. The molecule has 1 N–H and O–H groups in total. The van der Waals surface area contributed by atoms with E-state index in [1.54, 1.807) is 22.7 Å². The first-order valence-corrected chi connectivity index (χ1v) is 7.71. The highest BCUT2D eigenvalue weighted by atomic mass is 32.2. The van der Waals surface area contributed by atoms with Crippen molar-refractivity contribution in [3.05, 3.63) is 36.9 Å². The van der Waals surface area contributed by atoms with E-state index in [-0.39, 0.29) is 24.2 Å². The standard InChI is InChI=1S/C15H18N2O2S/c1-3-8-16-15(19)11-9-14(18)17(10-11)12-4-6-13(20-2)7-5-12/h3-7,11H,1,8-10H2,2H3,(H,16,19). The van der Waals surface area contributed by atoms with Gasteiger partial charge in [-0.2, -0.15) is 0 Å². The molecule has 1 aromatic carbocycles. The van der Waals surface area contributed by atoms with Gasteiger partial charge in [-0.25, -0.2) is 0 Å². The van der Waals surface area contributed by atoms with Crippen LogP contribution in [0.1, 0.15) is 6.42 Å². The number of rotatable bonds is 5. The molecule has 1 aliphatic rings. The summed E-state index contributed by atoms with van der Waals surface area (Å²) in [4.78, 5) is 26.8. The molecule has 1 heterocycles. The van der Waals surface area contributed by atoms with Crippen LogP contribution < -0.4 is 10.2 Å². The first kappa shape index (κ1) is 14.7. The molecule has 1 saturated heterocycles. The molecule has 106 valence electrons. The lowest BCUT2D eigenvalue weighted by atomic mass is 10.1. The van der Waals surface area contributed by atoms with Crippen LogP contribution in [-0.2, 0) is 9.59 Å². The fraction of sp³-hybridized carbons (Fsp3) is 0.333. The molecule has 0 bridgehead atoms. The van der Waals surface area contributed by atoms with Gasteiger partial charge >= 0.3 is 0 Å². The number of anilines is 1. The minimum atomic E-state index is -0.275. The number of carbonyl (C=O) groups is 2. The SMILES string of the molecule is C=CCNC(=O)C1CC(=O)N(c2ccc(SC)cc2)C1. The normalized spacial score (nSPS) is 18.1. The Balaban J connectivity index is 2.04. The smallest absolute Gasteiger partial charge is 0.227 e. The fourth-order valence-corrected chi connectivity index (χ4v) is 2.62. The number of nitrogens with zero attached hydrogens (tertiary/aromatic N) is 1.